The van der Waals surface area contributed by atoms with E-state index in [9.17, 15) is 19.5 Å². The molecule has 3 amide bonds. The van der Waals surface area contributed by atoms with Crippen LogP contribution in [0.25, 0.3) is 5.69 Å². The molecule has 1 aromatic carbocycles. The van der Waals surface area contributed by atoms with Crippen molar-refractivity contribution in [3.63, 3.8) is 0 Å². The molecule has 1 aromatic heterocycles. The van der Waals surface area contributed by atoms with Gasteiger partial charge in [-0.3, -0.25) is 14.4 Å². The van der Waals surface area contributed by atoms with Crippen LogP contribution in [0.3, 0.4) is 0 Å². The van der Waals surface area contributed by atoms with Crippen LogP contribution in [0.4, 0.5) is 0 Å². The number of carbonyl (C=O) groups is 3. The molecule has 176 valence electrons. The van der Waals surface area contributed by atoms with Gasteiger partial charge in [0.15, 0.2) is 5.69 Å². The third-order valence-corrected chi connectivity index (χ3v) is 6.79. The fraction of sp³-hybridized carbons (Fsp3) is 0.440. The normalized spacial score (nSPS) is 23.8. The Morgan fingerprint density at radius 2 is 2.09 bits per heavy atom. The third kappa shape index (κ3) is 3.94. The highest BCUT2D eigenvalue weighted by Gasteiger charge is 2.42. The maximum Gasteiger partial charge on any atom is 0.269 e. The van der Waals surface area contributed by atoms with Gasteiger partial charge in [0.25, 0.3) is 11.8 Å². The number of aliphatic hydroxyl groups is 1. The molecule has 1 saturated carbocycles. The van der Waals surface area contributed by atoms with Gasteiger partial charge in [-0.15, -0.1) is 0 Å². The maximum absolute atomic E-state index is 12.4. The number of nitrogens with one attached hydrogen (secondary N) is 1. The zero-order valence-corrected chi connectivity index (χ0v) is 19.0. The Morgan fingerprint density at radius 1 is 1.29 bits per heavy atom. The first-order chi connectivity index (χ1) is 16.3. The van der Waals surface area contributed by atoms with Gasteiger partial charge in [-0.2, -0.15) is 5.10 Å². The third-order valence-electron chi connectivity index (χ3n) is 6.79. The molecule has 2 fully saturated rings. The van der Waals surface area contributed by atoms with Crippen molar-refractivity contribution in [1.29, 1.82) is 0 Å². The van der Waals surface area contributed by atoms with Crippen LogP contribution in [-0.2, 0) is 16.0 Å². The summed E-state index contributed by atoms with van der Waals surface area (Å²) in [6.45, 7) is 0.456. The van der Waals surface area contributed by atoms with Crippen molar-refractivity contribution in [2.24, 2.45) is 11.7 Å². The summed E-state index contributed by atoms with van der Waals surface area (Å²) in [6, 6.07) is 6.94. The summed E-state index contributed by atoms with van der Waals surface area (Å²) < 4.78 is 1.69. The number of carbonyl (C=O) groups excluding carboxylic acids is 3. The van der Waals surface area contributed by atoms with Crippen LogP contribution in [0.15, 0.2) is 24.3 Å². The van der Waals surface area contributed by atoms with Gasteiger partial charge in [-0.05, 0) is 50.3 Å². The largest absolute Gasteiger partial charge is 0.369 e. The lowest BCUT2D eigenvalue weighted by Gasteiger charge is -2.25. The molecule has 9 heteroatoms. The summed E-state index contributed by atoms with van der Waals surface area (Å²) in [4.78, 5) is 38.3. The van der Waals surface area contributed by atoms with Crippen molar-refractivity contribution in [2.75, 3.05) is 13.6 Å². The first-order valence-electron chi connectivity index (χ1n) is 11.6. The number of nitrogens with two attached hydrogens (primary N) is 1. The SMILES string of the molecule is CN1CCC(O)(C#Cc2cccc(-n3nc(C(N)=O)c4c3CCCC4NC(=O)C3CC3)c2)C1=O. The molecule has 0 radical (unpaired) electrons. The van der Waals surface area contributed by atoms with E-state index in [0.29, 0.717) is 29.8 Å². The summed E-state index contributed by atoms with van der Waals surface area (Å²) in [6.07, 6.45) is 4.33. The van der Waals surface area contributed by atoms with E-state index in [1.54, 1.807) is 29.9 Å². The van der Waals surface area contributed by atoms with Crippen LogP contribution >= 0.6 is 0 Å². The predicted molar refractivity (Wildman–Crippen MR) is 123 cm³/mol. The highest BCUT2D eigenvalue weighted by Crippen LogP contribution is 2.36. The average Bonchev–Trinajstić information content (AvgIpc) is 3.56. The number of benzene rings is 1. The molecule has 2 atom stereocenters. The minimum absolute atomic E-state index is 0.0170. The first-order valence-corrected chi connectivity index (χ1v) is 11.6. The van der Waals surface area contributed by atoms with Gasteiger partial charge in [0, 0.05) is 37.1 Å². The predicted octanol–water partition coefficient (Wildman–Crippen LogP) is 0.819. The number of primary amides is 1. The molecule has 0 spiro atoms. The van der Waals surface area contributed by atoms with Gasteiger partial charge in [0.1, 0.15) is 0 Å². The molecule has 0 bridgehead atoms. The second kappa shape index (κ2) is 8.29. The topological polar surface area (TPSA) is 131 Å². The summed E-state index contributed by atoms with van der Waals surface area (Å²) in [7, 11) is 1.64. The number of hydrogen-bond acceptors (Lipinski definition) is 5. The van der Waals surface area contributed by atoms with Crippen LogP contribution in [0.2, 0.25) is 0 Å². The Morgan fingerprint density at radius 3 is 2.76 bits per heavy atom. The number of aromatic nitrogens is 2. The number of nitrogens with zero attached hydrogens (tertiary/aromatic N) is 3. The van der Waals surface area contributed by atoms with Gasteiger partial charge in [-0.1, -0.05) is 17.9 Å². The van der Waals surface area contributed by atoms with Crippen LogP contribution in [0.5, 0.6) is 0 Å². The molecule has 9 nitrogen and oxygen atoms in total. The zero-order valence-electron chi connectivity index (χ0n) is 19.0. The maximum atomic E-state index is 12.4. The highest BCUT2D eigenvalue weighted by atomic mass is 16.3. The second-order valence-electron chi connectivity index (χ2n) is 9.35. The molecule has 1 saturated heterocycles. The van der Waals surface area contributed by atoms with E-state index in [2.05, 4.69) is 22.3 Å². The van der Waals surface area contributed by atoms with Crippen LogP contribution in [-0.4, -0.2) is 56.7 Å². The molecule has 5 rings (SSSR count). The minimum Gasteiger partial charge on any atom is -0.369 e. The van der Waals surface area contributed by atoms with Crippen molar-refractivity contribution >= 4 is 17.7 Å². The standard InChI is InChI=1S/C25H27N5O4/c1-29-13-12-25(34,24(29)33)11-10-15-4-2-5-17(14-15)30-19-7-3-6-18(27-23(32)16-8-9-16)20(19)21(28-30)22(26)31/h2,4-5,14,16,18,34H,3,6-9,12-13H2,1H3,(H2,26,31)(H,27,32). The summed E-state index contributed by atoms with van der Waals surface area (Å²) in [5, 5.41) is 18.2. The van der Waals surface area contributed by atoms with E-state index < -0.39 is 17.4 Å². The molecule has 2 heterocycles. The molecule has 2 aliphatic carbocycles. The van der Waals surface area contributed by atoms with E-state index in [4.69, 9.17) is 5.73 Å². The van der Waals surface area contributed by atoms with E-state index in [0.717, 1.165) is 31.4 Å². The van der Waals surface area contributed by atoms with E-state index in [1.807, 2.05) is 6.07 Å². The summed E-state index contributed by atoms with van der Waals surface area (Å²) in [5.74, 6) is 4.69. The number of rotatable bonds is 4. The molecule has 34 heavy (non-hydrogen) atoms. The quantitative estimate of drug-likeness (QED) is 0.581. The zero-order chi connectivity index (χ0) is 24.0. The molecule has 2 aromatic rings. The van der Waals surface area contributed by atoms with Crippen molar-refractivity contribution in [3.05, 3.63) is 46.8 Å². The Hall–Kier alpha value is -3.64. The average molecular weight is 462 g/mol. The molecule has 3 aliphatic rings. The molecular weight excluding hydrogens is 434 g/mol. The van der Waals surface area contributed by atoms with Gasteiger partial charge < -0.3 is 21.1 Å². The Balaban J connectivity index is 1.49. The van der Waals surface area contributed by atoms with Crippen molar-refractivity contribution < 1.29 is 19.5 Å². The molecular formula is C25H27N5O4. The molecule has 4 N–H and O–H groups in total. The number of amides is 3. The van der Waals surface area contributed by atoms with Crippen LogP contribution in [0.1, 0.15) is 65.5 Å². The van der Waals surface area contributed by atoms with E-state index in [1.165, 1.54) is 4.90 Å². The van der Waals surface area contributed by atoms with E-state index in [-0.39, 0.29) is 30.0 Å². The first kappa shape index (κ1) is 22.2. The lowest BCUT2D eigenvalue weighted by molar-refractivity contribution is -0.137. The lowest BCUT2D eigenvalue weighted by Crippen LogP contribution is -2.37. The monoisotopic (exact) mass is 461 g/mol. The van der Waals surface area contributed by atoms with Gasteiger partial charge in [-0.25, -0.2) is 4.68 Å². The minimum atomic E-state index is -1.68. The van der Waals surface area contributed by atoms with E-state index >= 15 is 0 Å². The smallest absolute Gasteiger partial charge is 0.269 e. The Kier molecular flexibility index (Phi) is 5.41. The van der Waals surface area contributed by atoms with Crippen molar-refractivity contribution in [2.45, 2.75) is 50.2 Å². The number of fused-ring (bicyclic) bond motifs is 1. The van der Waals surface area contributed by atoms with Crippen LogP contribution in [0, 0.1) is 17.8 Å². The summed E-state index contributed by atoms with van der Waals surface area (Å²) in [5.41, 5.74) is 6.98. The number of likely N-dealkylation sites (tertiary alicyclic amines) is 1. The van der Waals surface area contributed by atoms with Crippen molar-refractivity contribution in [1.82, 2.24) is 20.0 Å². The summed E-state index contributed by atoms with van der Waals surface area (Å²) >= 11 is 0. The van der Waals surface area contributed by atoms with Crippen molar-refractivity contribution in [3.8, 4) is 17.5 Å². The highest BCUT2D eigenvalue weighted by molar-refractivity contribution is 5.93. The fourth-order valence-corrected chi connectivity index (χ4v) is 4.73. The molecule has 2 unspecified atom stereocenters. The Bertz CT molecular complexity index is 1250. The molecule has 1 aliphatic heterocycles. The lowest BCUT2D eigenvalue weighted by atomic mass is 9.90. The number of likely N-dealkylation sites (N-methyl/N-ethyl adjacent to an activating group) is 1. The van der Waals surface area contributed by atoms with Gasteiger partial charge >= 0.3 is 0 Å². The van der Waals surface area contributed by atoms with Gasteiger partial charge in [0.05, 0.1) is 17.4 Å². The second-order valence-corrected chi connectivity index (χ2v) is 9.35. The Labute approximate surface area is 197 Å². The number of hydrogen-bond donors (Lipinski definition) is 3. The van der Waals surface area contributed by atoms with Gasteiger partial charge in [0.2, 0.25) is 11.5 Å². The van der Waals surface area contributed by atoms with Crippen LogP contribution < -0.4 is 11.1 Å². The fourth-order valence-electron chi connectivity index (χ4n) is 4.73.